The van der Waals surface area contributed by atoms with E-state index in [9.17, 15) is 9.59 Å². The molecule has 0 bridgehead atoms. The number of nitrogens with one attached hydrogen (secondary N) is 2. The van der Waals surface area contributed by atoms with Crippen LogP contribution in [0.25, 0.3) is 0 Å². The molecule has 1 heterocycles. The number of benzene rings is 2. The zero-order valence-corrected chi connectivity index (χ0v) is 19.6. The van der Waals surface area contributed by atoms with Crippen LogP contribution in [0, 0.1) is 0 Å². The molecule has 2 N–H and O–H groups in total. The van der Waals surface area contributed by atoms with Gasteiger partial charge in [-0.15, -0.1) is 10.2 Å². The molecule has 3 rings (SSSR count). The highest BCUT2D eigenvalue weighted by atomic mass is 79.9. The summed E-state index contributed by atoms with van der Waals surface area (Å²) in [4.78, 5) is 24.5. The molecule has 0 aliphatic carbocycles. The average molecular weight is 529 g/mol. The Morgan fingerprint density at radius 2 is 1.83 bits per heavy atom. The molecule has 0 fully saturated rings. The Morgan fingerprint density at radius 1 is 1.13 bits per heavy atom. The molecule has 0 aliphatic rings. The highest BCUT2D eigenvalue weighted by molar-refractivity contribution is 9.10. The third kappa shape index (κ3) is 5.98. The molecular weight excluding hydrogens is 513 g/mol. The van der Waals surface area contributed by atoms with Crippen molar-refractivity contribution in [3.8, 4) is 0 Å². The molecule has 0 unspecified atom stereocenters. The van der Waals surface area contributed by atoms with E-state index in [1.165, 1.54) is 11.8 Å². The SMILES string of the molecule is Cn1c(CNC(=O)c2ccccc2Br)nnc1SCC(=O)Nc1cc(Cl)cc(Cl)c1. The summed E-state index contributed by atoms with van der Waals surface area (Å²) in [5.41, 5.74) is 1.05. The zero-order chi connectivity index (χ0) is 21.7. The van der Waals surface area contributed by atoms with Gasteiger partial charge in [-0.25, -0.2) is 0 Å². The largest absolute Gasteiger partial charge is 0.345 e. The van der Waals surface area contributed by atoms with Crippen molar-refractivity contribution in [2.75, 3.05) is 11.1 Å². The van der Waals surface area contributed by atoms with Gasteiger partial charge >= 0.3 is 0 Å². The first-order valence-corrected chi connectivity index (χ1v) is 11.2. The number of aromatic nitrogens is 3. The Hall–Kier alpha value is -2.07. The van der Waals surface area contributed by atoms with Gasteiger partial charge in [-0.05, 0) is 46.3 Å². The number of carbonyl (C=O) groups is 2. The van der Waals surface area contributed by atoms with Crippen molar-refractivity contribution in [3.63, 3.8) is 0 Å². The highest BCUT2D eigenvalue weighted by Gasteiger charge is 2.14. The lowest BCUT2D eigenvalue weighted by molar-refractivity contribution is -0.113. The Balaban J connectivity index is 1.54. The van der Waals surface area contributed by atoms with Crippen LogP contribution < -0.4 is 10.6 Å². The van der Waals surface area contributed by atoms with Crippen LogP contribution in [0.3, 0.4) is 0 Å². The van der Waals surface area contributed by atoms with Gasteiger partial charge in [0.15, 0.2) is 11.0 Å². The van der Waals surface area contributed by atoms with Crippen LogP contribution in [0.5, 0.6) is 0 Å². The molecular formula is C19H16BrCl2N5O2S. The van der Waals surface area contributed by atoms with Crippen LogP contribution in [0.2, 0.25) is 10.0 Å². The van der Waals surface area contributed by atoms with Crippen molar-refractivity contribution in [2.45, 2.75) is 11.7 Å². The van der Waals surface area contributed by atoms with Gasteiger partial charge in [0, 0.05) is 27.3 Å². The highest BCUT2D eigenvalue weighted by Crippen LogP contribution is 2.23. The van der Waals surface area contributed by atoms with Gasteiger partial charge < -0.3 is 15.2 Å². The Bertz CT molecular complexity index is 1070. The second kappa shape index (κ2) is 10.3. The molecule has 0 spiro atoms. The first kappa shape index (κ1) is 22.6. The van der Waals surface area contributed by atoms with Crippen molar-refractivity contribution in [2.24, 2.45) is 7.05 Å². The smallest absolute Gasteiger partial charge is 0.252 e. The van der Waals surface area contributed by atoms with Gasteiger partial charge in [0.25, 0.3) is 5.91 Å². The number of halogens is 3. The lowest BCUT2D eigenvalue weighted by atomic mass is 10.2. The van der Waals surface area contributed by atoms with E-state index < -0.39 is 0 Å². The standard InChI is InChI=1S/C19H16BrCl2N5O2S/c1-27-16(9-23-18(29)14-4-2-3-5-15(14)20)25-26-19(27)30-10-17(28)24-13-7-11(21)6-12(22)8-13/h2-8H,9-10H2,1H3,(H,23,29)(H,24,28). The minimum absolute atomic E-state index is 0.124. The van der Waals surface area contributed by atoms with E-state index in [1.807, 2.05) is 6.07 Å². The second-order valence-corrected chi connectivity index (χ2v) is 8.79. The minimum Gasteiger partial charge on any atom is -0.345 e. The number of hydrogen-bond donors (Lipinski definition) is 2. The molecule has 0 saturated carbocycles. The van der Waals surface area contributed by atoms with Gasteiger partial charge in [-0.3, -0.25) is 9.59 Å². The molecule has 0 aliphatic heterocycles. The van der Waals surface area contributed by atoms with E-state index in [0.717, 1.165) is 0 Å². The molecule has 0 radical (unpaired) electrons. The fraction of sp³-hybridized carbons (Fsp3) is 0.158. The molecule has 156 valence electrons. The number of rotatable bonds is 7. The quantitative estimate of drug-likeness (QED) is 0.439. The summed E-state index contributed by atoms with van der Waals surface area (Å²) >= 11 is 16.5. The van der Waals surface area contributed by atoms with Crippen LogP contribution in [-0.2, 0) is 18.4 Å². The first-order chi connectivity index (χ1) is 14.3. The van der Waals surface area contributed by atoms with E-state index in [1.54, 1.807) is 48.0 Å². The number of carbonyl (C=O) groups excluding carboxylic acids is 2. The van der Waals surface area contributed by atoms with Crippen molar-refractivity contribution in [1.29, 1.82) is 0 Å². The van der Waals surface area contributed by atoms with Crippen LogP contribution in [0.1, 0.15) is 16.2 Å². The summed E-state index contributed by atoms with van der Waals surface area (Å²) < 4.78 is 2.44. The zero-order valence-electron chi connectivity index (χ0n) is 15.7. The van der Waals surface area contributed by atoms with Crippen molar-refractivity contribution in [1.82, 2.24) is 20.1 Å². The van der Waals surface area contributed by atoms with Crippen molar-refractivity contribution in [3.05, 3.63) is 68.4 Å². The molecule has 1 aromatic heterocycles. The fourth-order valence-corrected chi connectivity index (χ4v) is 4.20. The van der Waals surface area contributed by atoms with E-state index in [2.05, 4.69) is 36.8 Å². The molecule has 7 nitrogen and oxygen atoms in total. The second-order valence-electron chi connectivity index (χ2n) is 6.12. The van der Waals surface area contributed by atoms with Crippen LogP contribution in [0.4, 0.5) is 5.69 Å². The number of anilines is 1. The molecule has 11 heteroatoms. The maximum absolute atomic E-state index is 12.3. The van der Waals surface area contributed by atoms with Gasteiger partial charge in [-0.1, -0.05) is 47.1 Å². The summed E-state index contributed by atoms with van der Waals surface area (Å²) in [6.45, 7) is 0.206. The fourth-order valence-electron chi connectivity index (χ4n) is 2.48. The summed E-state index contributed by atoms with van der Waals surface area (Å²) in [5, 5.41) is 15.2. The van der Waals surface area contributed by atoms with Gasteiger partial charge in [0.2, 0.25) is 5.91 Å². The topological polar surface area (TPSA) is 88.9 Å². The Labute approximate surface area is 195 Å². The van der Waals surface area contributed by atoms with Gasteiger partial charge in [0.1, 0.15) is 0 Å². The van der Waals surface area contributed by atoms with Crippen LogP contribution >= 0.6 is 50.9 Å². The predicted molar refractivity (Wildman–Crippen MR) is 122 cm³/mol. The summed E-state index contributed by atoms with van der Waals surface area (Å²) in [7, 11) is 1.77. The van der Waals surface area contributed by atoms with Crippen molar-refractivity contribution < 1.29 is 9.59 Å². The minimum atomic E-state index is -0.231. The lowest BCUT2D eigenvalue weighted by Gasteiger charge is -2.08. The molecule has 2 amide bonds. The monoisotopic (exact) mass is 527 g/mol. The number of nitrogens with zero attached hydrogens (tertiary/aromatic N) is 3. The van der Waals surface area contributed by atoms with E-state index in [0.29, 0.717) is 36.7 Å². The summed E-state index contributed by atoms with van der Waals surface area (Å²) in [6, 6.07) is 12.0. The Kier molecular flexibility index (Phi) is 7.76. The number of amides is 2. The van der Waals surface area contributed by atoms with E-state index in [-0.39, 0.29) is 24.1 Å². The predicted octanol–water partition coefficient (Wildman–Crippen LogP) is 4.55. The molecule has 0 atom stereocenters. The average Bonchev–Trinajstić information content (AvgIpc) is 3.03. The third-order valence-corrected chi connectivity index (χ3v) is 6.08. The summed E-state index contributed by atoms with van der Waals surface area (Å²) in [5.74, 6) is 0.240. The normalized spacial score (nSPS) is 10.7. The van der Waals surface area contributed by atoms with Gasteiger partial charge in [-0.2, -0.15) is 0 Å². The third-order valence-electron chi connectivity index (χ3n) is 3.93. The first-order valence-electron chi connectivity index (χ1n) is 8.63. The van der Waals surface area contributed by atoms with E-state index >= 15 is 0 Å². The van der Waals surface area contributed by atoms with Crippen molar-refractivity contribution >= 4 is 68.4 Å². The maximum atomic E-state index is 12.3. The molecule has 30 heavy (non-hydrogen) atoms. The molecule has 3 aromatic rings. The van der Waals surface area contributed by atoms with Crippen LogP contribution in [-0.4, -0.2) is 32.3 Å². The lowest BCUT2D eigenvalue weighted by Crippen LogP contribution is -2.24. The van der Waals surface area contributed by atoms with Crippen LogP contribution in [0.15, 0.2) is 52.1 Å². The number of hydrogen-bond acceptors (Lipinski definition) is 5. The summed E-state index contributed by atoms with van der Waals surface area (Å²) in [6.07, 6.45) is 0. The molecule has 2 aromatic carbocycles. The number of thioether (sulfide) groups is 1. The van der Waals surface area contributed by atoms with E-state index in [4.69, 9.17) is 23.2 Å². The van der Waals surface area contributed by atoms with Gasteiger partial charge in [0.05, 0.1) is 17.9 Å². The maximum Gasteiger partial charge on any atom is 0.252 e. The molecule has 0 saturated heterocycles. The Morgan fingerprint density at radius 3 is 2.53 bits per heavy atom.